The van der Waals surface area contributed by atoms with Gasteiger partial charge in [0.1, 0.15) is 0 Å². The summed E-state index contributed by atoms with van der Waals surface area (Å²) in [5.41, 5.74) is 0.814. The van der Waals surface area contributed by atoms with Crippen molar-refractivity contribution in [3.8, 4) is 0 Å². The summed E-state index contributed by atoms with van der Waals surface area (Å²) in [7, 11) is 0. The van der Waals surface area contributed by atoms with Crippen LogP contribution in [0.3, 0.4) is 0 Å². The zero-order chi connectivity index (χ0) is 16.7. The van der Waals surface area contributed by atoms with Crippen molar-refractivity contribution in [1.82, 2.24) is 10.6 Å². The highest BCUT2D eigenvalue weighted by Crippen LogP contribution is 2.23. The van der Waals surface area contributed by atoms with Crippen molar-refractivity contribution in [2.24, 2.45) is 5.92 Å². The summed E-state index contributed by atoms with van der Waals surface area (Å²) < 4.78 is 0. The van der Waals surface area contributed by atoms with Crippen LogP contribution in [0.4, 0.5) is 0 Å². The number of hydrogen-bond donors (Lipinski definition) is 3. The molecule has 0 bridgehead atoms. The second-order valence-corrected chi connectivity index (χ2v) is 7.11. The Morgan fingerprint density at radius 2 is 2.09 bits per heavy atom. The molecule has 2 unspecified atom stereocenters. The maximum atomic E-state index is 12.1. The van der Waals surface area contributed by atoms with E-state index in [1.165, 1.54) is 17.8 Å². The van der Waals surface area contributed by atoms with E-state index < -0.39 is 6.10 Å². The van der Waals surface area contributed by atoms with Crippen LogP contribution in [-0.2, 0) is 9.59 Å². The van der Waals surface area contributed by atoms with Gasteiger partial charge in [-0.2, -0.15) is 11.3 Å². The topological polar surface area (TPSA) is 78.4 Å². The van der Waals surface area contributed by atoms with Crippen LogP contribution in [-0.4, -0.2) is 29.5 Å². The van der Waals surface area contributed by atoms with E-state index in [0.717, 1.165) is 31.2 Å². The lowest BCUT2D eigenvalue weighted by Crippen LogP contribution is -2.41. The van der Waals surface area contributed by atoms with E-state index >= 15 is 0 Å². The van der Waals surface area contributed by atoms with Gasteiger partial charge in [0.2, 0.25) is 11.8 Å². The number of amides is 2. The smallest absolute Gasteiger partial charge is 0.223 e. The van der Waals surface area contributed by atoms with Crippen LogP contribution in [0, 0.1) is 5.92 Å². The molecule has 2 atom stereocenters. The Labute approximate surface area is 141 Å². The molecule has 6 heteroatoms. The summed E-state index contributed by atoms with van der Waals surface area (Å²) in [4.78, 5) is 24.0. The molecule has 3 N–H and O–H groups in total. The van der Waals surface area contributed by atoms with Crippen molar-refractivity contribution in [2.45, 2.75) is 57.6 Å². The number of rotatable bonds is 7. The molecule has 1 saturated carbocycles. The highest BCUT2D eigenvalue weighted by Gasteiger charge is 2.22. The molecule has 1 aliphatic carbocycles. The number of aliphatic hydroxyl groups is 1. The molecule has 0 saturated heterocycles. The van der Waals surface area contributed by atoms with Gasteiger partial charge in [0.15, 0.2) is 0 Å². The van der Waals surface area contributed by atoms with Crippen LogP contribution in [0.15, 0.2) is 16.8 Å². The van der Waals surface area contributed by atoms with Crippen molar-refractivity contribution in [1.29, 1.82) is 0 Å². The average molecular weight is 338 g/mol. The van der Waals surface area contributed by atoms with Gasteiger partial charge in [-0.25, -0.2) is 0 Å². The fraction of sp³-hybridized carbons (Fsp3) is 0.647. The van der Waals surface area contributed by atoms with Gasteiger partial charge < -0.3 is 15.7 Å². The van der Waals surface area contributed by atoms with E-state index in [4.69, 9.17) is 0 Å². The molecule has 1 aromatic heterocycles. The zero-order valence-electron chi connectivity index (χ0n) is 13.6. The molecule has 2 rings (SSSR count). The first kappa shape index (κ1) is 17.9. The first-order valence-corrected chi connectivity index (χ1v) is 9.27. The Morgan fingerprint density at radius 3 is 2.74 bits per heavy atom. The van der Waals surface area contributed by atoms with E-state index in [1.807, 2.05) is 23.8 Å². The van der Waals surface area contributed by atoms with Gasteiger partial charge in [-0.15, -0.1) is 0 Å². The number of hydrogen-bond acceptors (Lipinski definition) is 4. The van der Waals surface area contributed by atoms with Crippen molar-refractivity contribution in [3.05, 3.63) is 22.4 Å². The number of nitrogens with one attached hydrogen (secondary N) is 2. The Morgan fingerprint density at radius 1 is 1.35 bits per heavy atom. The van der Waals surface area contributed by atoms with Crippen molar-refractivity contribution < 1.29 is 14.7 Å². The summed E-state index contributed by atoms with van der Waals surface area (Å²) in [5, 5.41) is 19.3. The maximum absolute atomic E-state index is 12.1. The Kier molecular flexibility index (Phi) is 7.05. The van der Waals surface area contributed by atoms with Crippen LogP contribution >= 0.6 is 11.3 Å². The number of aliphatic hydroxyl groups excluding tert-OH is 1. The summed E-state index contributed by atoms with van der Waals surface area (Å²) in [6.07, 6.45) is 4.91. The molecule has 1 fully saturated rings. The molecule has 5 nitrogen and oxygen atoms in total. The lowest BCUT2D eigenvalue weighted by atomic mass is 9.88. The second kappa shape index (κ2) is 9.03. The second-order valence-electron chi connectivity index (χ2n) is 6.33. The van der Waals surface area contributed by atoms with Crippen LogP contribution in [0.2, 0.25) is 0 Å². The van der Waals surface area contributed by atoms with Gasteiger partial charge in [-0.05, 0) is 42.2 Å². The summed E-state index contributed by atoms with van der Waals surface area (Å²) in [6.45, 7) is 2.04. The van der Waals surface area contributed by atoms with Gasteiger partial charge >= 0.3 is 0 Å². The van der Waals surface area contributed by atoms with Gasteiger partial charge in [0.05, 0.1) is 6.10 Å². The first-order chi connectivity index (χ1) is 11.1. The molecule has 0 aromatic carbocycles. The fourth-order valence-corrected chi connectivity index (χ4v) is 3.63. The zero-order valence-corrected chi connectivity index (χ0v) is 14.4. The van der Waals surface area contributed by atoms with E-state index in [1.54, 1.807) is 0 Å². The normalized spacial score (nSPS) is 18.2. The maximum Gasteiger partial charge on any atom is 0.223 e. The molecule has 1 aliphatic rings. The quantitative estimate of drug-likeness (QED) is 0.714. The number of carbonyl (C=O) groups excluding carboxylic acids is 2. The summed E-state index contributed by atoms with van der Waals surface area (Å²) >= 11 is 1.51. The minimum atomic E-state index is -0.683. The highest BCUT2D eigenvalue weighted by atomic mass is 32.1. The summed E-state index contributed by atoms with van der Waals surface area (Å²) in [5.74, 6) is 0.0220. The van der Waals surface area contributed by atoms with Crippen LogP contribution in [0.25, 0.3) is 0 Å². The first-order valence-electron chi connectivity index (χ1n) is 8.33. The van der Waals surface area contributed by atoms with E-state index in [9.17, 15) is 14.7 Å². The standard InChI is InChI=1S/C17H26N2O3S/c1-12(19-17(22)13-5-3-2-4-6-13)9-16(21)18-10-15(20)14-7-8-23-11-14/h7-8,11-13,15,20H,2-6,9-10H2,1H3,(H,18,21)(H,19,22). The van der Waals surface area contributed by atoms with Gasteiger partial charge in [0.25, 0.3) is 0 Å². The highest BCUT2D eigenvalue weighted by molar-refractivity contribution is 7.07. The van der Waals surface area contributed by atoms with Crippen LogP contribution in [0.1, 0.15) is 57.1 Å². The largest absolute Gasteiger partial charge is 0.387 e. The molecular formula is C17H26N2O3S. The Bertz CT molecular complexity index is 498. The molecule has 0 spiro atoms. The third kappa shape index (κ3) is 5.95. The van der Waals surface area contributed by atoms with Crippen LogP contribution < -0.4 is 10.6 Å². The molecule has 2 amide bonds. The monoisotopic (exact) mass is 338 g/mol. The fourth-order valence-electron chi connectivity index (χ4n) is 2.92. The average Bonchev–Trinajstić information content (AvgIpc) is 3.07. The van der Waals surface area contributed by atoms with Crippen molar-refractivity contribution in [2.75, 3.05) is 6.54 Å². The number of carbonyl (C=O) groups is 2. The molecule has 0 radical (unpaired) electrons. The van der Waals surface area contributed by atoms with Gasteiger partial charge in [-0.3, -0.25) is 9.59 Å². The van der Waals surface area contributed by atoms with Crippen LogP contribution in [0.5, 0.6) is 0 Å². The Balaban J connectivity index is 1.66. The molecule has 0 aliphatic heterocycles. The van der Waals surface area contributed by atoms with Gasteiger partial charge in [0, 0.05) is 24.9 Å². The minimum Gasteiger partial charge on any atom is -0.387 e. The third-order valence-electron chi connectivity index (χ3n) is 4.28. The van der Waals surface area contributed by atoms with Gasteiger partial charge in [-0.1, -0.05) is 19.3 Å². The van der Waals surface area contributed by atoms with Crippen molar-refractivity contribution in [3.63, 3.8) is 0 Å². The molecule has 1 aromatic rings. The molecule has 23 heavy (non-hydrogen) atoms. The van der Waals surface area contributed by atoms with E-state index in [-0.39, 0.29) is 36.7 Å². The predicted octanol–water partition coefficient (Wildman–Crippen LogP) is 2.37. The molecule has 128 valence electrons. The predicted molar refractivity (Wildman–Crippen MR) is 91.1 cm³/mol. The summed E-state index contributed by atoms with van der Waals surface area (Å²) in [6, 6.07) is 1.65. The van der Waals surface area contributed by atoms with E-state index in [0.29, 0.717) is 0 Å². The number of thiophene rings is 1. The molecule has 1 heterocycles. The molecular weight excluding hydrogens is 312 g/mol. The lowest BCUT2D eigenvalue weighted by Gasteiger charge is -2.23. The minimum absolute atomic E-state index is 0.0725. The lowest BCUT2D eigenvalue weighted by molar-refractivity contribution is -0.127. The van der Waals surface area contributed by atoms with E-state index in [2.05, 4.69) is 10.6 Å². The third-order valence-corrected chi connectivity index (χ3v) is 4.98. The Hall–Kier alpha value is -1.40. The SMILES string of the molecule is CC(CC(=O)NCC(O)c1ccsc1)NC(=O)C1CCCCC1. The van der Waals surface area contributed by atoms with Crippen molar-refractivity contribution >= 4 is 23.2 Å².